The van der Waals surface area contributed by atoms with Gasteiger partial charge >= 0.3 is 5.97 Å². The Morgan fingerprint density at radius 2 is 1.07 bits per heavy atom. The summed E-state index contributed by atoms with van der Waals surface area (Å²) < 4.78 is 110. The highest BCUT2D eigenvalue weighted by atomic mass is 32.2. The van der Waals surface area contributed by atoms with Crippen LogP contribution in [0.15, 0.2) is 39.0 Å². The van der Waals surface area contributed by atoms with Gasteiger partial charge in [-0.2, -0.15) is 25.3 Å². The molecule has 2 aromatic carbocycles. The molecule has 0 unspecified atom stereocenters. The van der Waals surface area contributed by atoms with Crippen LogP contribution in [0.5, 0.6) is 5.75 Å². The number of aromatic hydroxyl groups is 1. The molecule has 0 saturated heterocycles. The average Bonchev–Trinajstić information content (AvgIpc) is 2.51. The molecule has 0 fully saturated rings. The lowest BCUT2D eigenvalue weighted by atomic mass is 10.0. The zero-order chi connectivity index (χ0) is 22.5. The summed E-state index contributed by atoms with van der Waals surface area (Å²) in [6.07, 6.45) is 0. The minimum atomic E-state index is -5.40. The fraction of sp³-hybridized carbons (Fsp3) is 0. The fourth-order valence-electron chi connectivity index (χ4n) is 2.25. The second kappa shape index (κ2) is 7.01. The number of hydrogen-bond donors (Lipinski definition) is 5. The van der Waals surface area contributed by atoms with Crippen molar-refractivity contribution in [2.75, 3.05) is 0 Å². The molecule has 0 radical (unpaired) electrons. The number of carbonyl (C=O) groups is 1. The van der Waals surface area contributed by atoms with Crippen LogP contribution >= 0.6 is 0 Å². The lowest BCUT2D eigenvalue weighted by Crippen LogP contribution is -2.10. The van der Waals surface area contributed by atoms with Gasteiger partial charge in [0.1, 0.15) is 20.2 Å². The van der Waals surface area contributed by atoms with Crippen LogP contribution in [0.2, 0.25) is 0 Å². The molecule has 0 aliphatic heterocycles. The van der Waals surface area contributed by atoms with Crippen LogP contribution < -0.4 is 0 Å². The molecule has 0 atom stereocenters. The van der Waals surface area contributed by atoms with Gasteiger partial charge in [-0.1, -0.05) is 0 Å². The number of aromatic carboxylic acids is 1. The zero-order valence-electron chi connectivity index (χ0n) is 13.5. The Hall–Kier alpha value is -2.63. The van der Waals surface area contributed by atoms with Gasteiger partial charge in [0.25, 0.3) is 30.4 Å². The van der Waals surface area contributed by atoms with E-state index in [0.29, 0.717) is 24.3 Å². The van der Waals surface area contributed by atoms with E-state index in [4.69, 9.17) is 18.8 Å². The summed E-state index contributed by atoms with van der Waals surface area (Å²) in [7, 11) is -16.0. The van der Waals surface area contributed by atoms with Gasteiger partial charge < -0.3 is 10.2 Å². The fourth-order valence-corrected chi connectivity index (χ4v) is 4.17. The summed E-state index contributed by atoms with van der Waals surface area (Å²) in [6, 6.07) is 1.59. The molecule has 158 valence electrons. The summed E-state index contributed by atoms with van der Waals surface area (Å²) in [4.78, 5) is 6.60. The molecule has 0 aromatic heterocycles. The van der Waals surface area contributed by atoms with Crippen LogP contribution in [-0.2, 0) is 30.4 Å². The normalized spacial score (nSPS) is 12.7. The summed E-state index contributed by atoms with van der Waals surface area (Å²) in [5.74, 6) is -5.36. The number of carboxylic acids is 1. The first-order valence-corrected chi connectivity index (χ1v) is 11.1. The Balaban J connectivity index is 3.06. The van der Waals surface area contributed by atoms with Crippen molar-refractivity contribution in [3.8, 4) is 16.9 Å². The molecule has 0 aliphatic rings. The third kappa shape index (κ3) is 4.52. The maximum atomic E-state index is 14.2. The Morgan fingerprint density at radius 3 is 1.41 bits per heavy atom. The number of hydrogen-bond acceptors (Lipinski definition) is 8. The lowest BCUT2D eigenvalue weighted by molar-refractivity contribution is 0.0693. The molecular formula is C13H9FO12S3. The number of carboxylic acid groups (broad SMARTS) is 1. The van der Waals surface area contributed by atoms with E-state index in [1.165, 1.54) is 0 Å². The summed E-state index contributed by atoms with van der Waals surface area (Å²) in [5.41, 5.74) is -2.46. The van der Waals surface area contributed by atoms with Crippen molar-refractivity contribution in [2.24, 2.45) is 0 Å². The third-order valence-electron chi connectivity index (χ3n) is 3.48. The van der Waals surface area contributed by atoms with E-state index in [1.54, 1.807) is 0 Å². The molecule has 0 bridgehead atoms. The minimum absolute atomic E-state index is 0.311. The monoisotopic (exact) mass is 472 g/mol. The lowest BCUT2D eigenvalue weighted by Gasteiger charge is -2.12. The molecule has 29 heavy (non-hydrogen) atoms. The molecule has 2 aromatic rings. The van der Waals surface area contributed by atoms with Crippen LogP contribution in [0.1, 0.15) is 10.4 Å². The molecule has 2 rings (SSSR count). The van der Waals surface area contributed by atoms with Gasteiger partial charge in [0.2, 0.25) is 0 Å². The van der Waals surface area contributed by atoms with Crippen LogP contribution in [0, 0.1) is 5.82 Å². The predicted octanol–water partition coefficient (Wildman–Crippen LogP) is 0.637. The average molecular weight is 472 g/mol. The Bertz CT molecular complexity index is 1300. The van der Waals surface area contributed by atoms with Crippen molar-refractivity contribution in [3.63, 3.8) is 0 Å². The highest BCUT2D eigenvalue weighted by Crippen LogP contribution is 2.36. The number of benzene rings is 2. The van der Waals surface area contributed by atoms with Crippen LogP contribution in [-0.4, -0.2) is 55.1 Å². The van der Waals surface area contributed by atoms with Gasteiger partial charge in [0.15, 0.2) is 11.6 Å². The first-order valence-electron chi connectivity index (χ1n) is 6.81. The van der Waals surface area contributed by atoms with Gasteiger partial charge in [-0.05, 0) is 35.4 Å². The topological polar surface area (TPSA) is 221 Å². The van der Waals surface area contributed by atoms with Gasteiger partial charge in [-0.25, -0.2) is 9.18 Å². The van der Waals surface area contributed by atoms with Crippen molar-refractivity contribution in [1.82, 2.24) is 0 Å². The van der Waals surface area contributed by atoms with Crippen molar-refractivity contribution in [2.45, 2.75) is 14.7 Å². The molecule has 0 aliphatic carbocycles. The van der Waals surface area contributed by atoms with E-state index in [9.17, 15) is 39.5 Å². The first-order chi connectivity index (χ1) is 12.9. The highest BCUT2D eigenvalue weighted by Gasteiger charge is 2.29. The summed E-state index contributed by atoms with van der Waals surface area (Å²) >= 11 is 0. The van der Waals surface area contributed by atoms with E-state index in [0.717, 1.165) is 0 Å². The maximum absolute atomic E-state index is 14.2. The van der Waals surface area contributed by atoms with Crippen LogP contribution in [0.25, 0.3) is 11.1 Å². The van der Waals surface area contributed by atoms with E-state index >= 15 is 0 Å². The Kier molecular flexibility index (Phi) is 5.47. The molecule has 0 saturated carbocycles. The summed E-state index contributed by atoms with van der Waals surface area (Å²) in [6.45, 7) is 0. The zero-order valence-corrected chi connectivity index (χ0v) is 16.0. The number of rotatable bonds is 5. The summed E-state index contributed by atoms with van der Waals surface area (Å²) in [5, 5.41) is 18.8. The second-order valence-electron chi connectivity index (χ2n) is 5.39. The van der Waals surface area contributed by atoms with E-state index in [-0.39, 0.29) is 0 Å². The van der Waals surface area contributed by atoms with Crippen molar-refractivity contribution >= 4 is 36.3 Å². The molecule has 0 amide bonds. The van der Waals surface area contributed by atoms with E-state index in [1.807, 2.05) is 0 Å². The molecular weight excluding hydrogens is 463 g/mol. The van der Waals surface area contributed by atoms with E-state index < -0.39 is 79.3 Å². The van der Waals surface area contributed by atoms with Crippen molar-refractivity contribution < 1.29 is 58.3 Å². The Labute approximate surface area is 162 Å². The van der Waals surface area contributed by atoms with Gasteiger partial charge in [-0.15, -0.1) is 0 Å². The smallest absolute Gasteiger partial charge is 0.339 e. The predicted molar refractivity (Wildman–Crippen MR) is 89.9 cm³/mol. The van der Waals surface area contributed by atoms with Gasteiger partial charge in [0.05, 0.1) is 0 Å². The molecule has 0 spiro atoms. The van der Waals surface area contributed by atoms with Crippen LogP contribution in [0.3, 0.4) is 0 Å². The number of phenols is 1. The van der Waals surface area contributed by atoms with Crippen molar-refractivity contribution in [1.29, 1.82) is 0 Å². The molecule has 0 heterocycles. The number of halogens is 1. The minimum Gasteiger partial charge on any atom is -0.506 e. The first kappa shape index (κ1) is 22.7. The maximum Gasteiger partial charge on any atom is 0.339 e. The third-order valence-corrected chi connectivity index (χ3v) is 6.05. The molecule has 16 heteroatoms. The standard InChI is InChI=1S/C13H9FO12S3/c14-11-8(27(18,19)20)2-6(3-9(11)28(21,22)23)5-1-7(13(16)17)12(15)10(4-5)29(24,25)26/h1-4,15H,(H,16,17)(H,18,19,20)(H,21,22,23)(H,24,25,26). The Morgan fingerprint density at radius 1 is 0.724 bits per heavy atom. The van der Waals surface area contributed by atoms with Crippen LogP contribution in [0.4, 0.5) is 4.39 Å². The molecule has 12 nitrogen and oxygen atoms in total. The largest absolute Gasteiger partial charge is 0.506 e. The highest BCUT2D eigenvalue weighted by molar-refractivity contribution is 7.86. The second-order valence-corrected chi connectivity index (χ2v) is 9.56. The van der Waals surface area contributed by atoms with E-state index in [2.05, 4.69) is 0 Å². The van der Waals surface area contributed by atoms with Gasteiger partial charge in [-0.3, -0.25) is 13.7 Å². The van der Waals surface area contributed by atoms with Crippen molar-refractivity contribution in [3.05, 3.63) is 35.6 Å². The SMILES string of the molecule is O=C(O)c1cc(-c2cc(S(=O)(=O)O)c(F)c(S(=O)(=O)O)c2)cc(S(=O)(=O)O)c1O. The van der Waals surface area contributed by atoms with Gasteiger partial charge in [0, 0.05) is 0 Å². The molecule has 5 N–H and O–H groups in total. The quantitative estimate of drug-likeness (QED) is 0.378.